The van der Waals surface area contributed by atoms with Crippen LogP contribution in [0.15, 0.2) is 89.0 Å². The minimum Gasteiger partial charge on any atom is -0.409 e. The van der Waals surface area contributed by atoms with Gasteiger partial charge in [0.05, 0.1) is 27.4 Å². The van der Waals surface area contributed by atoms with E-state index in [0.29, 0.717) is 21.1 Å². The third-order valence-corrected chi connectivity index (χ3v) is 8.95. The van der Waals surface area contributed by atoms with Crippen LogP contribution in [0.1, 0.15) is 31.8 Å². The highest BCUT2D eigenvalue weighted by atomic mass is 32.2. The number of nitrogens with two attached hydrogens (primary N) is 1. The summed E-state index contributed by atoms with van der Waals surface area (Å²) in [5, 5.41) is 19.0. The Kier molecular flexibility index (Phi) is 7.60. The van der Waals surface area contributed by atoms with Gasteiger partial charge in [0.15, 0.2) is 5.84 Å². The van der Waals surface area contributed by atoms with Gasteiger partial charge in [-0.25, -0.2) is 18.1 Å². The lowest BCUT2D eigenvalue weighted by molar-refractivity contribution is 0.103. The van der Waals surface area contributed by atoms with Crippen molar-refractivity contribution in [2.75, 3.05) is 5.32 Å². The Labute approximate surface area is 231 Å². The number of para-hydroxylation sites is 1. The molecule has 0 saturated carbocycles. The number of amides is 1. The maximum absolute atomic E-state index is 13.6. The molecule has 39 heavy (non-hydrogen) atoms. The van der Waals surface area contributed by atoms with Crippen molar-refractivity contribution in [2.24, 2.45) is 10.9 Å². The first-order valence-electron chi connectivity index (χ1n) is 11.5. The third kappa shape index (κ3) is 6.09. The number of hydrogen-bond acceptors (Lipinski definition) is 10. The second kappa shape index (κ2) is 11.2. The number of hydrogen-bond donors (Lipinski definition) is 4. The number of oxime groups is 1. The van der Waals surface area contributed by atoms with Crippen LogP contribution in [0.2, 0.25) is 0 Å². The molecule has 5 N–H and O–H groups in total. The van der Waals surface area contributed by atoms with E-state index >= 15 is 0 Å². The van der Waals surface area contributed by atoms with Crippen molar-refractivity contribution in [1.29, 1.82) is 0 Å². The molecule has 0 saturated heterocycles. The maximum Gasteiger partial charge on any atom is 0.269 e. The Morgan fingerprint density at radius 1 is 1.08 bits per heavy atom. The minimum atomic E-state index is -4.05. The van der Waals surface area contributed by atoms with Crippen molar-refractivity contribution in [1.82, 2.24) is 19.3 Å². The topological polar surface area (TPSA) is 173 Å². The number of nitrogens with one attached hydrogen (secondary N) is 2. The minimum absolute atomic E-state index is 0.0285. The Balaban J connectivity index is 1.46. The van der Waals surface area contributed by atoms with Crippen LogP contribution in [0.4, 0.5) is 5.69 Å². The van der Waals surface area contributed by atoms with Crippen molar-refractivity contribution in [2.45, 2.75) is 17.4 Å². The van der Waals surface area contributed by atoms with E-state index in [-0.39, 0.29) is 17.2 Å². The van der Waals surface area contributed by atoms with E-state index in [9.17, 15) is 13.2 Å². The highest BCUT2D eigenvalue weighted by Crippen LogP contribution is 2.30. The summed E-state index contributed by atoms with van der Waals surface area (Å²) in [5.74, 6) is -0.493. The van der Waals surface area contributed by atoms with Gasteiger partial charge in [0.1, 0.15) is 9.88 Å². The molecule has 0 aliphatic rings. The smallest absolute Gasteiger partial charge is 0.269 e. The van der Waals surface area contributed by atoms with E-state index in [4.69, 9.17) is 10.9 Å². The lowest BCUT2D eigenvalue weighted by Gasteiger charge is -2.18. The normalized spacial score (nSPS) is 12.9. The van der Waals surface area contributed by atoms with E-state index in [2.05, 4.69) is 29.8 Å². The molecule has 14 heteroatoms. The van der Waals surface area contributed by atoms with Crippen LogP contribution in [0.3, 0.4) is 0 Å². The number of carbonyl (C=O) groups is 1. The lowest BCUT2D eigenvalue weighted by Crippen LogP contribution is -2.30. The molecule has 1 amide bonds. The number of aromatic nitrogens is 3. The van der Waals surface area contributed by atoms with Gasteiger partial charge in [0.25, 0.3) is 5.91 Å². The van der Waals surface area contributed by atoms with Gasteiger partial charge in [-0.05, 0) is 59.9 Å². The molecule has 2 aromatic heterocycles. The van der Waals surface area contributed by atoms with Gasteiger partial charge in [-0.1, -0.05) is 46.0 Å². The highest BCUT2D eigenvalue weighted by molar-refractivity contribution is 7.89. The largest absolute Gasteiger partial charge is 0.409 e. The Hall–Kier alpha value is -4.24. The molecule has 0 aliphatic carbocycles. The summed E-state index contributed by atoms with van der Waals surface area (Å²) >= 11 is 2.33. The summed E-state index contributed by atoms with van der Waals surface area (Å²) in [7, 11) is -4.05. The highest BCUT2D eigenvalue weighted by Gasteiger charge is 2.25. The molecule has 5 aromatic rings. The summed E-state index contributed by atoms with van der Waals surface area (Å²) in [6.45, 7) is 0. The molecule has 0 bridgehead atoms. The van der Waals surface area contributed by atoms with Crippen LogP contribution < -0.4 is 15.8 Å². The quantitative estimate of drug-likeness (QED) is 0.0884. The number of carbonyl (C=O) groups excluding carboxylic acids is 1. The van der Waals surface area contributed by atoms with Crippen LogP contribution in [0, 0.1) is 0 Å². The predicted molar refractivity (Wildman–Crippen MR) is 150 cm³/mol. The summed E-state index contributed by atoms with van der Waals surface area (Å²) in [4.78, 5) is 17.3. The SMILES string of the molecule is N/C(=N/O)c1cccc(CC(NS(=O)(=O)c2cccc(NC(=O)c3cnns3)c2)c2nc3ccccc3s2)c1. The van der Waals surface area contributed by atoms with Crippen LogP contribution in [-0.4, -0.2) is 39.9 Å². The molecule has 0 fully saturated rings. The number of anilines is 1. The number of sulfonamides is 1. The number of thiazole rings is 1. The Bertz CT molecular complexity index is 1740. The van der Waals surface area contributed by atoms with Crippen LogP contribution >= 0.6 is 22.9 Å². The molecule has 198 valence electrons. The molecule has 3 aromatic carbocycles. The summed E-state index contributed by atoms with van der Waals surface area (Å²) in [6.07, 6.45) is 1.58. The van der Waals surface area contributed by atoms with E-state index < -0.39 is 22.0 Å². The monoisotopic (exact) mass is 579 g/mol. The molecule has 0 radical (unpaired) electrons. The first-order valence-corrected chi connectivity index (χ1v) is 14.5. The van der Waals surface area contributed by atoms with E-state index in [1.165, 1.54) is 29.7 Å². The second-order valence-corrected chi connectivity index (χ2v) is 11.9. The van der Waals surface area contributed by atoms with Gasteiger partial charge >= 0.3 is 0 Å². The first-order chi connectivity index (χ1) is 18.8. The number of benzene rings is 3. The van der Waals surface area contributed by atoms with Gasteiger partial charge in [0, 0.05) is 11.3 Å². The van der Waals surface area contributed by atoms with Gasteiger partial charge in [0.2, 0.25) is 10.0 Å². The maximum atomic E-state index is 13.6. The molecule has 2 heterocycles. The summed E-state index contributed by atoms with van der Waals surface area (Å²) < 4.78 is 34.5. The van der Waals surface area contributed by atoms with Crippen molar-refractivity contribution in [3.8, 4) is 0 Å². The molecule has 0 aliphatic heterocycles. The van der Waals surface area contributed by atoms with E-state index in [0.717, 1.165) is 27.3 Å². The van der Waals surface area contributed by atoms with Crippen LogP contribution in [0.25, 0.3) is 10.2 Å². The molecule has 0 spiro atoms. The van der Waals surface area contributed by atoms with E-state index in [1.807, 2.05) is 30.3 Å². The van der Waals surface area contributed by atoms with Crippen LogP contribution in [-0.2, 0) is 16.4 Å². The fraction of sp³-hybridized carbons (Fsp3) is 0.0800. The van der Waals surface area contributed by atoms with E-state index in [1.54, 1.807) is 30.3 Å². The van der Waals surface area contributed by atoms with Gasteiger partial charge in [-0.15, -0.1) is 16.4 Å². The van der Waals surface area contributed by atoms with Crippen LogP contribution in [0.5, 0.6) is 0 Å². The molecule has 5 rings (SSSR count). The van der Waals surface area contributed by atoms with Crippen molar-refractivity contribution in [3.05, 3.63) is 100 Å². The zero-order chi connectivity index (χ0) is 27.4. The fourth-order valence-electron chi connectivity index (χ4n) is 3.83. The molecule has 1 atom stereocenters. The molecule has 1 unspecified atom stereocenters. The lowest BCUT2D eigenvalue weighted by atomic mass is 10.0. The number of nitrogens with zero attached hydrogens (tertiary/aromatic N) is 4. The van der Waals surface area contributed by atoms with Gasteiger partial charge in [-0.3, -0.25) is 4.79 Å². The third-order valence-electron chi connectivity index (χ3n) is 5.66. The Morgan fingerprint density at radius 3 is 2.67 bits per heavy atom. The van der Waals surface area contributed by atoms with Crippen molar-refractivity contribution < 1.29 is 18.4 Å². The summed E-state index contributed by atoms with van der Waals surface area (Å²) in [6, 6.07) is 19.8. The standard InChI is InChI=1S/C25H21N7O4S3/c26-23(30-34)16-6-3-5-15(11-16)12-20(25-29-19-9-1-2-10-21(19)37-25)31-39(35,36)18-8-4-7-17(13-18)28-24(33)22-14-27-32-38-22/h1-11,13-14,20,31,34H,12H2,(H2,26,30)(H,28,33). The second-order valence-electron chi connectivity index (χ2n) is 8.35. The summed E-state index contributed by atoms with van der Waals surface area (Å²) in [5.41, 5.74) is 8.07. The average molecular weight is 580 g/mol. The number of fused-ring (bicyclic) bond motifs is 1. The van der Waals surface area contributed by atoms with Crippen molar-refractivity contribution in [3.63, 3.8) is 0 Å². The zero-order valence-corrected chi connectivity index (χ0v) is 22.5. The Morgan fingerprint density at radius 2 is 1.90 bits per heavy atom. The molecular formula is C25H21N7O4S3. The first kappa shape index (κ1) is 26.4. The predicted octanol–water partition coefficient (Wildman–Crippen LogP) is 3.76. The average Bonchev–Trinajstić information content (AvgIpc) is 3.63. The van der Waals surface area contributed by atoms with Crippen molar-refractivity contribution >= 4 is 60.5 Å². The number of amidine groups is 1. The zero-order valence-electron chi connectivity index (χ0n) is 20.1. The fourth-order valence-corrected chi connectivity index (χ4v) is 6.57. The molecular weight excluding hydrogens is 559 g/mol. The molecule has 11 nitrogen and oxygen atoms in total. The van der Waals surface area contributed by atoms with Gasteiger partial charge in [-0.2, -0.15) is 0 Å². The number of rotatable bonds is 9. The van der Waals surface area contributed by atoms with Gasteiger partial charge < -0.3 is 16.3 Å².